The van der Waals surface area contributed by atoms with E-state index in [1.54, 1.807) is 45.0 Å². The van der Waals surface area contributed by atoms with E-state index in [-0.39, 0.29) is 5.69 Å². The average molecular weight is 392 g/mol. The molecule has 0 amide bonds. The fraction of sp³-hybridized carbons (Fsp3) is 0.375. The first kappa shape index (κ1) is 20.0. The third-order valence-corrected chi connectivity index (χ3v) is 5.02. The monoisotopic (exact) mass is 391 g/mol. The Kier molecular flexibility index (Phi) is 5.98. The van der Waals surface area contributed by atoms with Crippen molar-refractivity contribution in [3.63, 3.8) is 0 Å². The minimum atomic E-state index is -4.66. The zero-order valence-electron chi connectivity index (χ0n) is 13.8. The molecule has 0 aliphatic rings. The molecule has 136 valence electrons. The summed E-state index contributed by atoms with van der Waals surface area (Å²) in [4.78, 5) is 6.88. The van der Waals surface area contributed by atoms with Gasteiger partial charge in [0.25, 0.3) is 0 Å². The normalized spacial score (nSPS) is 15.0. The SMILES string of the molecule is CC(C)(C)[S+]([O-])NC(c1ccc(Cl)cc1)c1ccnc(C(F)(F)F)n1. The number of benzene rings is 1. The van der Waals surface area contributed by atoms with Crippen molar-refractivity contribution in [1.82, 2.24) is 14.7 Å². The van der Waals surface area contributed by atoms with Crippen molar-refractivity contribution < 1.29 is 17.7 Å². The molecule has 1 heterocycles. The van der Waals surface area contributed by atoms with Gasteiger partial charge in [0.1, 0.15) is 10.8 Å². The van der Waals surface area contributed by atoms with Crippen LogP contribution in [-0.2, 0) is 17.5 Å². The van der Waals surface area contributed by atoms with Gasteiger partial charge < -0.3 is 4.55 Å². The summed E-state index contributed by atoms with van der Waals surface area (Å²) < 4.78 is 53.5. The first-order valence-corrected chi connectivity index (χ1v) is 8.85. The zero-order valence-corrected chi connectivity index (χ0v) is 15.3. The van der Waals surface area contributed by atoms with Gasteiger partial charge in [-0.1, -0.05) is 23.7 Å². The van der Waals surface area contributed by atoms with Crippen LogP contribution in [0.15, 0.2) is 36.5 Å². The van der Waals surface area contributed by atoms with Crippen LogP contribution in [0.1, 0.15) is 43.9 Å². The summed E-state index contributed by atoms with van der Waals surface area (Å²) in [5, 5.41) is 0.484. The van der Waals surface area contributed by atoms with E-state index < -0.39 is 34.2 Å². The van der Waals surface area contributed by atoms with Crippen LogP contribution in [0.5, 0.6) is 0 Å². The summed E-state index contributed by atoms with van der Waals surface area (Å²) >= 11 is 4.34. The van der Waals surface area contributed by atoms with Crippen LogP contribution < -0.4 is 4.72 Å². The molecule has 2 atom stereocenters. The van der Waals surface area contributed by atoms with Crippen LogP contribution in [-0.4, -0.2) is 19.3 Å². The van der Waals surface area contributed by atoms with Gasteiger partial charge in [-0.3, -0.25) is 0 Å². The Morgan fingerprint density at radius 1 is 1.12 bits per heavy atom. The van der Waals surface area contributed by atoms with E-state index >= 15 is 0 Å². The fourth-order valence-corrected chi connectivity index (χ4v) is 2.86. The minimum absolute atomic E-state index is 0.0715. The molecular weight excluding hydrogens is 375 g/mol. The van der Waals surface area contributed by atoms with E-state index in [0.29, 0.717) is 10.6 Å². The van der Waals surface area contributed by atoms with Gasteiger partial charge in [-0.15, -0.1) is 4.72 Å². The molecule has 2 rings (SSSR count). The van der Waals surface area contributed by atoms with E-state index in [9.17, 15) is 17.7 Å². The smallest absolute Gasteiger partial charge is 0.451 e. The lowest BCUT2D eigenvalue weighted by Crippen LogP contribution is -2.42. The first-order chi connectivity index (χ1) is 11.5. The number of hydrogen-bond donors (Lipinski definition) is 1. The molecule has 2 unspecified atom stereocenters. The number of aromatic nitrogens is 2. The Hall–Kier alpha value is -1.35. The molecular formula is C16H17ClF3N3OS. The Bertz CT molecular complexity index is 720. The lowest BCUT2D eigenvalue weighted by atomic mass is 10.0. The highest BCUT2D eigenvalue weighted by Crippen LogP contribution is 2.29. The molecule has 1 aromatic carbocycles. The van der Waals surface area contributed by atoms with E-state index in [4.69, 9.17) is 11.6 Å². The Morgan fingerprint density at radius 3 is 2.24 bits per heavy atom. The van der Waals surface area contributed by atoms with Gasteiger partial charge in [0, 0.05) is 22.6 Å². The van der Waals surface area contributed by atoms with Crippen molar-refractivity contribution >= 4 is 23.0 Å². The summed E-state index contributed by atoms with van der Waals surface area (Å²) in [6, 6.07) is 7.07. The zero-order chi connectivity index (χ0) is 18.8. The second-order valence-corrected chi connectivity index (χ2v) is 8.72. The topological polar surface area (TPSA) is 60.9 Å². The summed E-state index contributed by atoms with van der Waals surface area (Å²) in [6.07, 6.45) is -3.63. The Balaban J connectivity index is 2.46. The lowest BCUT2D eigenvalue weighted by molar-refractivity contribution is -0.145. The first-order valence-electron chi connectivity index (χ1n) is 7.32. The maximum Gasteiger partial charge on any atom is 0.451 e. The van der Waals surface area contributed by atoms with E-state index in [0.717, 1.165) is 6.20 Å². The maximum atomic E-state index is 12.9. The molecule has 0 aliphatic heterocycles. The van der Waals surface area contributed by atoms with Gasteiger partial charge >= 0.3 is 6.18 Å². The number of alkyl halides is 3. The van der Waals surface area contributed by atoms with E-state index in [2.05, 4.69) is 14.7 Å². The Labute approximate surface area is 152 Å². The molecule has 0 fully saturated rings. The highest BCUT2D eigenvalue weighted by molar-refractivity contribution is 7.90. The van der Waals surface area contributed by atoms with Crippen molar-refractivity contribution in [3.8, 4) is 0 Å². The van der Waals surface area contributed by atoms with Gasteiger partial charge in [-0.25, -0.2) is 9.97 Å². The molecule has 0 saturated carbocycles. The predicted octanol–water partition coefficient (Wildman–Crippen LogP) is 4.29. The van der Waals surface area contributed by atoms with Gasteiger partial charge in [0.15, 0.2) is 0 Å². The summed E-state index contributed by atoms with van der Waals surface area (Å²) in [5.41, 5.74) is 0.663. The number of hydrogen-bond acceptors (Lipinski definition) is 4. The fourth-order valence-electron chi connectivity index (χ4n) is 1.91. The lowest BCUT2D eigenvalue weighted by Gasteiger charge is -2.28. The second kappa shape index (κ2) is 7.49. The van der Waals surface area contributed by atoms with Crippen molar-refractivity contribution in [2.75, 3.05) is 0 Å². The molecule has 0 bridgehead atoms. The molecule has 9 heteroatoms. The number of nitrogens with zero attached hydrogens (tertiary/aromatic N) is 2. The van der Waals surface area contributed by atoms with Crippen molar-refractivity contribution in [2.24, 2.45) is 0 Å². The molecule has 0 saturated heterocycles. The highest BCUT2D eigenvalue weighted by Gasteiger charge is 2.36. The van der Waals surface area contributed by atoms with Crippen LogP contribution in [0.2, 0.25) is 5.02 Å². The van der Waals surface area contributed by atoms with E-state index in [1.807, 2.05) is 0 Å². The van der Waals surface area contributed by atoms with Gasteiger partial charge in [0.2, 0.25) is 5.82 Å². The molecule has 0 spiro atoms. The van der Waals surface area contributed by atoms with Crippen LogP contribution in [0.4, 0.5) is 13.2 Å². The minimum Gasteiger partial charge on any atom is -0.598 e. The van der Waals surface area contributed by atoms with Gasteiger partial charge in [0.05, 0.1) is 5.69 Å². The molecule has 1 N–H and O–H groups in total. The quantitative estimate of drug-likeness (QED) is 0.790. The standard InChI is InChI=1S/C16H17ClF3N3OS/c1-15(2,3)25(24)23-13(10-4-6-11(17)7-5-10)12-8-9-21-14(22-12)16(18,19)20/h4-9,13,23H,1-3H3. The Morgan fingerprint density at radius 2 is 1.72 bits per heavy atom. The predicted molar refractivity (Wildman–Crippen MR) is 91.4 cm³/mol. The van der Waals surface area contributed by atoms with Crippen molar-refractivity contribution in [1.29, 1.82) is 0 Å². The van der Waals surface area contributed by atoms with Crippen LogP contribution in [0.3, 0.4) is 0 Å². The summed E-state index contributed by atoms with van der Waals surface area (Å²) in [6.45, 7) is 5.28. The van der Waals surface area contributed by atoms with Crippen LogP contribution in [0, 0.1) is 0 Å². The summed E-state index contributed by atoms with van der Waals surface area (Å²) in [5.74, 6) is -1.24. The molecule has 25 heavy (non-hydrogen) atoms. The van der Waals surface area contributed by atoms with Crippen molar-refractivity contribution in [2.45, 2.75) is 37.7 Å². The third-order valence-electron chi connectivity index (χ3n) is 3.21. The maximum absolute atomic E-state index is 12.9. The van der Waals surface area contributed by atoms with Crippen LogP contribution >= 0.6 is 11.6 Å². The third kappa shape index (κ3) is 5.31. The second-order valence-electron chi connectivity index (χ2n) is 6.29. The number of nitrogens with one attached hydrogen (secondary N) is 1. The van der Waals surface area contributed by atoms with Gasteiger partial charge in [-0.05, 0) is 44.5 Å². The number of rotatable bonds is 4. The molecule has 4 nitrogen and oxygen atoms in total. The molecule has 1 aromatic heterocycles. The molecule has 0 aliphatic carbocycles. The van der Waals surface area contributed by atoms with E-state index in [1.165, 1.54) is 6.07 Å². The average Bonchev–Trinajstić information content (AvgIpc) is 2.52. The largest absolute Gasteiger partial charge is 0.598 e. The van der Waals surface area contributed by atoms with Gasteiger partial charge in [-0.2, -0.15) is 13.2 Å². The van der Waals surface area contributed by atoms with Crippen molar-refractivity contribution in [3.05, 3.63) is 58.6 Å². The summed E-state index contributed by atoms with van der Waals surface area (Å²) in [7, 11) is 0. The molecule has 0 radical (unpaired) electrons. The number of halogens is 4. The molecule has 2 aromatic rings. The highest BCUT2D eigenvalue weighted by atomic mass is 35.5. The van der Waals surface area contributed by atoms with Crippen LogP contribution in [0.25, 0.3) is 0 Å².